The van der Waals surface area contributed by atoms with Crippen LogP contribution in [0, 0.1) is 0 Å². The lowest BCUT2D eigenvalue weighted by molar-refractivity contribution is -0.147. The van der Waals surface area contributed by atoms with Gasteiger partial charge < -0.3 is 19.3 Å². The highest BCUT2D eigenvalue weighted by Crippen LogP contribution is 2.23. The molecule has 1 heterocycles. The number of hydrogen-bond acceptors (Lipinski definition) is 4. The smallest absolute Gasteiger partial charge is 0.266 e. The second-order valence-corrected chi connectivity index (χ2v) is 7.21. The number of nitrogens with zero attached hydrogens (tertiary/aromatic N) is 2. The second-order valence-electron chi connectivity index (χ2n) is 7.21. The minimum Gasteiger partial charge on any atom is -0.496 e. The molecule has 3 rings (SSSR count). The molecule has 1 saturated heterocycles. The third kappa shape index (κ3) is 4.27. The van der Waals surface area contributed by atoms with Crippen LogP contribution in [0.15, 0.2) is 54.6 Å². The van der Waals surface area contributed by atoms with Gasteiger partial charge in [-0.05, 0) is 38.1 Å². The first-order valence-corrected chi connectivity index (χ1v) is 9.38. The molecule has 0 radical (unpaired) electrons. The molecule has 1 aliphatic heterocycles. The molecule has 0 N–H and O–H groups in total. The number of benzene rings is 2. The highest BCUT2D eigenvalue weighted by atomic mass is 16.5. The summed E-state index contributed by atoms with van der Waals surface area (Å²) in [6, 6.07) is 16.5. The van der Waals surface area contributed by atoms with Crippen molar-refractivity contribution in [3.63, 3.8) is 0 Å². The standard InChI is InChI=1S/C22H26N2O4/c1-22(2,28-17-9-5-4-6-10-17)21(26)24-15-13-23(14-16-24)20(25)18-11-7-8-12-19(18)27-3/h4-12H,13-16H2,1-3H3. The number of carbonyl (C=O) groups excluding carboxylic acids is 2. The van der Waals surface area contributed by atoms with Gasteiger partial charge in [-0.2, -0.15) is 0 Å². The van der Waals surface area contributed by atoms with Gasteiger partial charge in [0.05, 0.1) is 12.7 Å². The first-order valence-electron chi connectivity index (χ1n) is 9.38. The monoisotopic (exact) mass is 382 g/mol. The summed E-state index contributed by atoms with van der Waals surface area (Å²) in [5, 5.41) is 0. The number of piperazine rings is 1. The molecule has 0 bridgehead atoms. The van der Waals surface area contributed by atoms with Gasteiger partial charge in [-0.3, -0.25) is 9.59 Å². The molecular weight excluding hydrogens is 356 g/mol. The van der Waals surface area contributed by atoms with Crippen LogP contribution in [0.3, 0.4) is 0 Å². The fraction of sp³-hybridized carbons (Fsp3) is 0.364. The summed E-state index contributed by atoms with van der Waals surface area (Å²) in [7, 11) is 1.55. The minimum absolute atomic E-state index is 0.0793. The van der Waals surface area contributed by atoms with Crippen molar-refractivity contribution in [2.75, 3.05) is 33.3 Å². The van der Waals surface area contributed by atoms with Gasteiger partial charge in [0.15, 0.2) is 5.60 Å². The molecule has 6 nitrogen and oxygen atoms in total. The fourth-order valence-electron chi connectivity index (χ4n) is 3.31. The van der Waals surface area contributed by atoms with Crippen molar-refractivity contribution in [2.24, 2.45) is 0 Å². The van der Waals surface area contributed by atoms with Crippen molar-refractivity contribution in [1.82, 2.24) is 9.80 Å². The van der Waals surface area contributed by atoms with Crippen molar-refractivity contribution in [3.05, 3.63) is 60.2 Å². The van der Waals surface area contributed by atoms with Crippen molar-refractivity contribution in [3.8, 4) is 11.5 Å². The first kappa shape index (κ1) is 19.7. The van der Waals surface area contributed by atoms with Crippen molar-refractivity contribution >= 4 is 11.8 Å². The minimum atomic E-state index is -0.976. The Bertz CT molecular complexity index is 827. The van der Waals surface area contributed by atoms with E-state index < -0.39 is 5.60 Å². The topological polar surface area (TPSA) is 59.1 Å². The van der Waals surface area contributed by atoms with Crippen LogP contribution >= 0.6 is 0 Å². The quantitative estimate of drug-likeness (QED) is 0.798. The maximum Gasteiger partial charge on any atom is 0.266 e. The summed E-state index contributed by atoms with van der Waals surface area (Å²) in [5.41, 5.74) is -0.437. The molecule has 2 aromatic rings. The van der Waals surface area contributed by atoms with Crippen LogP contribution in [-0.4, -0.2) is 60.5 Å². The summed E-state index contributed by atoms with van der Waals surface area (Å²) in [5.74, 6) is 1.05. The zero-order valence-electron chi connectivity index (χ0n) is 16.6. The van der Waals surface area contributed by atoms with E-state index in [1.807, 2.05) is 42.5 Å². The summed E-state index contributed by atoms with van der Waals surface area (Å²) < 4.78 is 11.2. The number of ether oxygens (including phenoxy) is 2. The van der Waals surface area contributed by atoms with Gasteiger partial charge in [0.1, 0.15) is 11.5 Å². The van der Waals surface area contributed by atoms with E-state index >= 15 is 0 Å². The molecule has 2 aromatic carbocycles. The van der Waals surface area contributed by atoms with E-state index in [4.69, 9.17) is 9.47 Å². The van der Waals surface area contributed by atoms with Gasteiger partial charge in [-0.1, -0.05) is 30.3 Å². The van der Waals surface area contributed by atoms with Gasteiger partial charge in [0, 0.05) is 26.2 Å². The van der Waals surface area contributed by atoms with Gasteiger partial charge >= 0.3 is 0 Å². The number of para-hydroxylation sites is 2. The van der Waals surface area contributed by atoms with E-state index in [-0.39, 0.29) is 11.8 Å². The van der Waals surface area contributed by atoms with E-state index in [1.165, 1.54) is 0 Å². The Morgan fingerprint density at radius 3 is 2.07 bits per heavy atom. The molecular formula is C22H26N2O4. The molecule has 0 aromatic heterocycles. The maximum absolute atomic E-state index is 12.9. The lowest BCUT2D eigenvalue weighted by atomic mass is 10.1. The molecule has 1 aliphatic rings. The van der Waals surface area contributed by atoms with Crippen molar-refractivity contribution in [1.29, 1.82) is 0 Å². The summed E-state index contributed by atoms with van der Waals surface area (Å²) >= 11 is 0. The van der Waals surface area contributed by atoms with Crippen LogP contribution in [-0.2, 0) is 4.79 Å². The first-order chi connectivity index (χ1) is 13.4. The van der Waals surface area contributed by atoms with Crippen LogP contribution in [0.1, 0.15) is 24.2 Å². The Morgan fingerprint density at radius 2 is 1.43 bits per heavy atom. The van der Waals surface area contributed by atoms with Gasteiger partial charge in [-0.25, -0.2) is 0 Å². The number of carbonyl (C=O) groups is 2. The highest BCUT2D eigenvalue weighted by molar-refractivity contribution is 5.97. The van der Waals surface area contributed by atoms with E-state index in [0.29, 0.717) is 43.2 Å². The molecule has 0 aliphatic carbocycles. The lowest BCUT2D eigenvalue weighted by Gasteiger charge is -2.38. The Balaban J connectivity index is 1.61. The normalized spacial score (nSPS) is 14.5. The molecule has 1 fully saturated rings. The summed E-state index contributed by atoms with van der Waals surface area (Å²) in [6.45, 7) is 5.44. The zero-order valence-corrected chi connectivity index (χ0v) is 16.6. The largest absolute Gasteiger partial charge is 0.496 e. The second kappa shape index (κ2) is 8.33. The predicted molar refractivity (Wildman–Crippen MR) is 107 cm³/mol. The molecule has 0 saturated carbocycles. The van der Waals surface area contributed by atoms with E-state index in [9.17, 15) is 9.59 Å². The molecule has 148 valence electrons. The molecule has 0 unspecified atom stereocenters. The van der Waals surface area contributed by atoms with Gasteiger partial charge in [0.2, 0.25) is 0 Å². The van der Waals surface area contributed by atoms with Crippen LogP contribution in [0.5, 0.6) is 11.5 Å². The molecule has 0 atom stereocenters. The average molecular weight is 382 g/mol. The van der Waals surface area contributed by atoms with Gasteiger partial charge in [-0.15, -0.1) is 0 Å². The van der Waals surface area contributed by atoms with E-state index in [1.54, 1.807) is 42.9 Å². The fourth-order valence-corrected chi connectivity index (χ4v) is 3.31. The Morgan fingerprint density at radius 1 is 0.857 bits per heavy atom. The highest BCUT2D eigenvalue weighted by Gasteiger charge is 2.36. The number of hydrogen-bond donors (Lipinski definition) is 0. The number of rotatable bonds is 5. The lowest BCUT2D eigenvalue weighted by Crippen LogP contribution is -2.56. The zero-order chi connectivity index (χ0) is 20.1. The van der Waals surface area contributed by atoms with E-state index in [2.05, 4.69) is 0 Å². The molecule has 2 amide bonds. The Hall–Kier alpha value is -3.02. The van der Waals surface area contributed by atoms with Crippen LogP contribution in [0.2, 0.25) is 0 Å². The summed E-state index contributed by atoms with van der Waals surface area (Å²) in [4.78, 5) is 29.3. The van der Waals surface area contributed by atoms with Crippen molar-refractivity contribution in [2.45, 2.75) is 19.4 Å². The third-order valence-corrected chi connectivity index (χ3v) is 4.82. The molecule has 28 heavy (non-hydrogen) atoms. The Labute approximate surface area is 165 Å². The number of methoxy groups -OCH3 is 1. The maximum atomic E-state index is 12.9. The van der Waals surface area contributed by atoms with Crippen LogP contribution < -0.4 is 9.47 Å². The van der Waals surface area contributed by atoms with Gasteiger partial charge in [0.25, 0.3) is 11.8 Å². The van der Waals surface area contributed by atoms with E-state index in [0.717, 1.165) is 0 Å². The van der Waals surface area contributed by atoms with Crippen molar-refractivity contribution < 1.29 is 19.1 Å². The predicted octanol–water partition coefficient (Wildman–Crippen LogP) is 2.84. The molecule has 6 heteroatoms. The van der Waals surface area contributed by atoms with Crippen LogP contribution in [0.4, 0.5) is 0 Å². The Kier molecular flexibility index (Phi) is 5.87. The van der Waals surface area contributed by atoms with Crippen LogP contribution in [0.25, 0.3) is 0 Å². The number of amides is 2. The summed E-state index contributed by atoms with van der Waals surface area (Å²) in [6.07, 6.45) is 0. The average Bonchev–Trinajstić information content (AvgIpc) is 2.73. The molecule has 0 spiro atoms. The SMILES string of the molecule is COc1ccccc1C(=O)N1CCN(C(=O)C(C)(C)Oc2ccccc2)CC1. The third-order valence-electron chi connectivity index (χ3n) is 4.82.